The Kier molecular flexibility index (Phi) is 5.19. The summed E-state index contributed by atoms with van der Waals surface area (Å²) in [6, 6.07) is 0.625. The molecule has 0 aromatic heterocycles. The normalized spacial score (nSPS) is 30.1. The molecule has 0 aromatic rings. The second-order valence-corrected chi connectivity index (χ2v) is 5.93. The van der Waals surface area contributed by atoms with Crippen molar-refractivity contribution in [1.29, 1.82) is 0 Å². The van der Waals surface area contributed by atoms with E-state index in [1.54, 1.807) is 0 Å². The van der Waals surface area contributed by atoms with E-state index >= 15 is 0 Å². The maximum atomic E-state index is 10.6. The van der Waals surface area contributed by atoms with E-state index in [1.165, 1.54) is 12.8 Å². The molecule has 0 aliphatic carbocycles. The van der Waals surface area contributed by atoms with Gasteiger partial charge in [-0.05, 0) is 45.7 Å². The Morgan fingerprint density at radius 3 is 2.63 bits per heavy atom. The number of piperidine rings is 1. The molecule has 2 aliphatic heterocycles. The average molecular weight is 271 g/mol. The highest BCUT2D eigenvalue weighted by atomic mass is 16.7. The van der Waals surface area contributed by atoms with Crippen LogP contribution in [0.3, 0.4) is 0 Å². The molecule has 0 spiro atoms. The highest BCUT2D eigenvalue weighted by Crippen LogP contribution is 2.27. The van der Waals surface area contributed by atoms with Crippen molar-refractivity contribution in [3.8, 4) is 0 Å². The summed E-state index contributed by atoms with van der Waals surface area (Å²) >= 11 is 0. The first kappa shape index (κ1) is 14.8. The fraction of sp³-hybridized carbons (Fsp3) is 0.929. The Morgan fingerprint density at radius 1 is 1.37 bits per heavy atom. The summed E-state index contributed by atoms with van der Waals surface area (Å²) in [6.45, 7) is 7.18. The summed E-state index contributed by atoms with van der Waals surface area (Å²) in [4.78, 5) is 13.1. The van der Waals surface area contributed by atoms with Gasteiger partial charge in [0.05, 0.1) is 19.1 Å². The first-order chi connectivity index (χ1) is 9.04. The van der Waals surface area contributed by atoms with E-state index in [-0.39, 0.29) is 18.8 Å². The van der Waals surface area contributed by atoms with E-state index in [2.05, 4.69) is 18.7 Å². The van der Waals surface area contributed by atoms with Gasteiger partial charge in [-0.15, -0.1) is 0 Å². The highest BCUT2D eigenvalue weighted by Gasteiger charge is 2.31. The largest absolute Gasteiger partial charge is 0.481 e. The van der Waals surface area contributed by atoms with Gasteiger partial charge in [0.1, 0.15) is 0 Å². The number of likely N-dealkylation sites (tertiary alicyclic amines) is 1. The summed E-state index contributed by atoms with van der Waals surface area (Å²) in [5, 5.41) is 8.72. The Balaban J connectivity index is 1.68. The number of carboxylic acid groups (broad SMARTS) is 1. The molecule has 0 amide bonds. The number of carbonyl (C=O) groups is 1. The number of ether oxygens (including phenoxy) is 2. The van der Waals surface area contributed by atoms with Gasteiger partial charge in [-0.2, -0.15) is 0 Å². The number of hydrogen-bond acceptors (Lipinski definition) is 4. The van der Waals surface area contributed by atoms with Crippen LogP contribution in [0.4, 0.5) is 0 Å². The van der Waals surface area contributed by atoms with Crippen LogP contribution in [0.5, 0.6) is 0 Å². The minimum atomic E-state index is -0.820. The number of nitrogens with zero attached hydrogens (tertiary/aromatic N) is 1. The summed E-state index contributed by atoms with van der Waals surface area (Å²) < 4.78 is 11.2. The minimum Gasteiger partial charge on any atom is -0.481 e. The number of rotatable bonds is 5. The van der Waals surface area contributed by atoms with Crippen LogP contribution in [0.1, 0.15) is 39.5 Å². The van der Waals surface area contributed by atoms with Gasteiger partial charge in [0.15, 0.2) is 6.29 Å². The maximum Gasteiger partial charge on any atom is 0.306 e. The molecule has 0 saturated carbocycles. The van der Waals surface area contributed by atoms with E-state index < -0.39 is 5.97 Å². The molecule has 5 heteroatoms. The lowest BCUT2D eigenvalue weighted by Crippen LogP contribution is -2.39. The molecule has 2 saturated heterocycles. The lowest BCUT2D eigenvalue weighted by atomic mass is 9.92. The fourth-order valence-corrected chi connectivity index (χ4v) is 2.91. The SMILES string of the molecule is CC(C)N1CCC(CC2OCC(CC(=O)O)O2)CC1. The van der Waals surface area contributed by atoms with Gasteiger partial charge in [0.2, 0.25) is 0 Å². The van der Waals surface area contributed by atoms with Gasteiger partial charge in [0.25, 0.3) is 0 Å². The van der Waals surface area contributed by atoms with E-state index in [0.717, 1.165) is 19.5 Å². The third kappa shape index (κ3) is 4.44. The molecule has 1 N–H and O–H groups in total. The van der Waals surface area contributed by atoms with Crippen molar-refractivity contribution < 1.29 is 19.4 Å². The van der Waals surface area contributed by atoms with Crippen LogP contribution in [0.2, 0.25) is 0 Å². The van der Waals surface area contributed by atoms with E-state index in [0.29, 0.717) is 18.6 Å². The molecular formula is C14H25NO4. The standard InChI is InChI=1S/C14H25NO4/c1-10(2)15-5-3-11(4-6-15)7-14-18-9-12(19-14)8-13(16)17/h10-12,14H,3-9H2,1-2H3,(H,16,17). The lowest BCUT2D eigenvalue weighted by Gasteiger charge is -2.35. The first-order valence-electron chi connectivity index (χ1n) is 7.27. The second kappa shape index (κ2) is 6.68. The molecule has 0 radical (unpaired) electrons. The molecule has 0 aromatic carbocycles. The van der Waals surface area contributed by atoms with Crippen LogP contribution in [0, 0.1) is 5.92 Å². The number of hydrogen-bond donors (Lipinski definition) is 1. The molecule has 0 bridgehead atoms. The predicted octanol–water partition coefficient (Wildman–Crippen LogP) is 1.71. The molecule has 110 valence electrons. The second-order valence-electron chi connectivity index (χ2n) is 5.93. The molecule has 19 heavy (non-hydrogen) atoms. The van der Waals surface area contributed by atoms with Crippen molar-refractivity contribution in [3.63, 3.8) is 0 Å². The summed E-state index contributed by atoms with van der Waals surface area (Å²) in [6.07, 6.45) is 2.86. The Morgan fingerprint density at radius 2 is 2.05 bits per heavy atom. The fourth-order valence-electron chi connectivity index (χ4n) is 2.91. The van der Waals surface area contributed by atoms with Crippen molar-refractivity contribution in [2.45, 2.75) is 58.0 Å². The lowest BCUT2D eigenvalue weighted by molar-refractivity contribution is -0.140. The zero-order chi connectivity index (χ0) is 13.8. The summed E-state index contributed by atoms with van der Waals surface area (Å²) in [5.74, 6) is -0.178. The maximum absolute atomic E-state index is 10.6. The van der Waals surface area contributed by atoms with Gasteiger partial charge in [-0.3, -0.25) is 4.79 Å². The van der Waals surface area contributed by atoms with Gasteiger partial charge >= 0.3 is 5.97 Å². The van der Waals surface area contributed by atoms with Crippen molar-refractivity contribution in [1.82, 2.24) is 4.90 Å². The third-order valence-corrected chi connectivity index (χ3v) is 4.12. The Bertz CT molecular complexity index is 300. The quantitative estimate of drug-likeness (QED) is 0.825. The molecule has 2 heterocycles. The average Bonchev–Trinajstić information content (AvgIpc) is 2.76. The molecule has 2 fully saturated rings. The van der Waals surface area contributed by atoms with Crippen molar-refractivity contribution >= 4 is 5.97 Å². The third-order valence-electron chi connectivity index (χ3n) is 4.12. The number of carboxylic acids is 1. The molecule has 2 rings (SSSR count). The molecule has 2 atom stereocenters. The van der Waals surface area contributed by atoms with Crippen molar-refractivity contribution in [2.75, 3.05) is 19.7 Å². The van der Waals surface area contributed by atoms with E-state index in [1.807, 2.05) is 0 Å². The van der Waals surface area contributed by atoms with Gasteiger partial charge in [-0.1, -0.05) is 0 Å². The topological polar surface area (TPSA) is 59.0 Å². The van der Waals surface area contributed by atoms with Crippen LogP contribution in [0.15, 0.2) is 0 Å². The van der Waals surface area contributed by atoms with Crippen LogP contribution in [-0.4, -0.2) is 54.1 Å². The van der Waals surface area contributed by atoms with Gasteiger partial charge in [-0.25, -0.2) is 0 Å². The zero-order valence-corrected chi connectivity index (χ0v) is 11.9. The van der Waals surface area contributed by atoms with Crippen molar-refractivity contribution in [3.05, 3.63) is 0 Å². The van der Waals surface area contributed by atoms with Crippen LogP contribution >= 0.6 is 0 Å². The Hall–Kier alpha value is -0.650. The monoisotopic (exact) mass is 271 g/mol. The van der Waals surface area contributed by atoms with Crippen LogP contribution in [-0.2, 0) is 14.3 Å². The summed E-state index contributed by atoms with van der Waals surface area (Å²) in [5.41, 5.74) is 0. The minimum absolute atomic E-state index is 0.0439. The molecule has 2 aliphatic rings. The van der Waals surface area contributed by atoms with Gasteiger partial charge < -0.3 is 19.5 Å². The molecule has 2 unspecified atom stereocenters. The van der Waals surface area contributed by atoms with Gasteiger partial charge in [0, 0.05) is 12.5 Å². The number of aliphatic carboxylic acids is 1. The molecule has 5 nitrogen and oxygen atoms in total. The Labute approximate surface area is 114 Å². The first-order valence-corrected chi connectivity index (χ1v) is 7.27. The van der Waals surface area contributed by atoms with E-state index in [9.17, 15) is 4.79 Å². The van der Waals surface area contributed by atoms with E-state index in [4.69, 9.17) is 14.6 Å². The van der Waals surface area contributed by atoms with Crippen molar-refractivity contribution in [2.24, 2.45) is 5.92 Å². The highest BCUT2D eigenvalue weighted by molar-refractivity contribution is 5.67. The van der Waals surface area contributed by atoms with Crippen LogP contribution in [0.25, 0.3) is 0 Å². The smallest absolute Gasteiger partial charge is 0.306 e. The molecular weight excluding hydrogens is 246 g/mol. The zero-order valence-electron chi connectivity index (χ0n) is 11.9. The predicted molar refractivity (Wildman–Crippen MR) is 70.9 cm³/mol. The van der Waals surface area contributed by atoms with Crippen LogP contribution < -0.4 is 0 Å². The summed E-state index contributed by atoms with van der Waals surface area (Å²) in [7, 11) is 0.